The minimum Gasteiger partial charge on any atom is -0.492 e. The van der Waals surface area contributed by atoms with Crippen molar-refractivity contribution < 1.29 is 14.3 Å². The summed E-state index contributed by atoms with van der Waals surface area (Å²) in [6.07, 6.45) is 4.23. The molecular formula is C16H21NO3. The summed E-state index contributed by atoms with van der Waals surface area (Å²) in [6, 6.07) is 3.90. The van der Waals surface area contributed by atoms with Crippen LogP contribution in [-0.2, 0) is 11.2 Å². The van der Waals surface area contributed by atoms with E-state index in [1.807, 2.05) is 26.0 Å². The van der Waals surface area contributed by atoms with E-state index < -0.39 is 0 Å². The lowest BCUT2D eigenvalue weighted by Gasteiger charge is -2.24. The lowest BCUT2D eigenvalue weighted by Crippen LogP contribution is -2.28. The number of benzene rings is 1. The summed E-state index contributed by atoms with van der Waals surface area (Å²) in [5.74, 6) is 1.88. The Labute approximate surface area is 119 Å². The van der Waals surface area contributed by atoms with Crippen molar-refractivity contribution in [1.29, 1.82) is 0 Å². The Hall–Kier alpha value is -1.71. The molecule has 3 rings (SSSR count). The van der Waals surface area contributed by atoms with Crippen molar-refractivity contribution in [3.8, 4) is 11.5 Å². The first-order chi connectivity index (χ1) is 9.67. The van der Waals surface area contributed by atoms with Gasteiger partial charge in [0.15, 0.2) is 0 Å². The molecule has 0 saturated heterocycles. The van der Waals surface area contributed by atoms with Crippen molar-refractivity contribution in [2.24, 2.45) is 5.92 Å². The van der Waals surface area contributed by atoms with E-state index in [4.69, 9.17) is 9.47 Å². The van der Waals surface area contributed by atoms with Crippen LogP contribution in [0.2, 0.25) is 0 Å². The molecule has 0 bridgehead atoms. The molecule has 1 aliphatic heterocycles. The van der Waals surface area contributed by atoms with E-state index in [9.17, 15) is 4.79 Å². The van der Waals surface area contributed by atoms with Crippen LogP contribution in [0.25, 0.3) is 0 Å². The summed E-state index contributed by atoms with van der Waals surface area (Å²) in [4.78, 5) is 12.1. The standard InChI is InChI=1S/C16H21NO3/c1-3-19-15-8-12-7-10(2)20-14(12)9-13(15)17-16(18)11-5-4-6-11/h8-11H,3-7H2,1-2H3,(H,17,18). The van der Waals surface area contributed by atoms with E-state index in [0.717, 1.165) is 48.4 Å². The van der Waals surface area contributed by atoms with E-state index >= 15 is 0 Å². The average Bonchev–Trinajstić information content (AvgIpc) is 2.66. The maximum absolute atomic E-state index is 12.1. The van der Waals surface area contributed by atoms with Gasteiger partial charge in [0.05, 0.1) is 12.3 Å². The Kier molecular flexibility index (Phi) is 3.55. The highest BCUT2D eigenvalue weighted by atomic mass is 16.5. The second-order valence-electron chi connectivity index (χ2n) is 5.64. The summed E-state index contributed by atoms with van der Waals surface area (Å²) in [5.41, 5.74) is 1.89. The molecule has 1 aromatic rings. The number of hydrogen-bond donors (Lipinski definition) is 1. The van der Waals surface area contributed by atoms with Gasteiger partial charge < -0.3 is 14.8 Å². The topological polar surface area (TPSA) is 47.6 Å². The minimum absolute atomic E-state index is 0.100. The predicted molar refractivity (Wildman–Crippen MR) is 77.4 cm³/mol. The van der Waals surface area contributed by atoms with Gasteiger partial charge in [0.25, 0.3) is 0 Å². The number of ether oxygens (including phenoxy) is 2. The van der Waals surface area contributed by atoms with Gasteiger partial charge >= 0.3 is 0 Å². The normalized spacial score (nSPS) is 20.8. The number of anilines is 1. The third-order valence-electron chi connectivity index (χ3n) is 4.03. The fourth-order valence-corrected chi connectivity index (χ4v) is 2.72. The highest BCUT2D eigenvalue weighted by molar-refractivity contribution is 5.94. The molecule has 1 aromatic carbocycles. The van der Waals surface area contributed by atoms with Crippen molar-refractivity contribution in [2.75, 3.05) is 11.9 Å². The number of amides is 1. The molecular weight excluding hydrogens is 254 g/mol. The molecule has 0 radical (unpaired) electrons. The molecule has 0 spiro atoms. The Morgan fingerprint density at radius 1 is 1.45 bits per heavy atom. The number of carbonyl (C=O) groups excluding carboxylic acids is 1. The molecule has 2 aliphatic rings. The zero-order valence-corrected chi connectivity index (χ0v) is 12.1. The molecule has 0 aromatic heterocycles. The lowest BCUT2D eigenvalue weighted by molar-refractivity contribution is -0.122. The first-order valence-corrected chi connectivity index (χ1v) is 7.44. The number of rotatable bonds is 4. The van der Waals surface area contributed by atoms with Crippen LogP contribution in [0.4, 0.5) is 5.69 Å². The lowest BCUT2D eigenvalue weighted by atomic mass is 9.85. The Morgan fingerprint density at radius 2 is 2.25 bits per heavy atom. The van der Waals surface area contributed by atoms with Gasteiger partial charge in [0.1, 0.15) is 17.6 Å². The van der Waals surface area contributed by atoms with Gasteiger partial charge in [-0.25, -0.2) is 0 Å². The van der Waals surface area contributed by atoms with Gasteiger partial charge in [0.2, 0.25) is 5.91 Å². The molecule has 1 aliphatic carbocycles. The van der Waals surface area contributed by atoms with Gasteiger partial charge in [-0.2, -0.15) is 0 Å². The molecule has 1 atom stereocenters. The molecule has 1 heterocycles. The quantitative estimate of drug-likeness (QED) is 0.918. The van der Waals surface area contributed by atoms with Gasteiger partial charge in [-0.05, 0) is 32.8 Å². The summed E-state index contributed by atoms with van der Waals surface area (Å²) in [7, 11) is 0. The minimum atomic E-state index is 0.100. The van der Waals surface area contributed by atoms with Crippen LogP contribution in [0, 0.1) is 5.92 Å². The molecule has 4 nitrogen and oxygen atoms in total. The first-order valence-electron chi connectivity index (χ1n) is 7.44. The summed E-state index contributed by atoms with van der Waals surface area (Å²) in [6.45, 7) is 4.58. The van der Waals surface area contributed by atoms with Gasteiger partial charge in [-0.3, -0.25) is 4.79 Å². The second-order valence-corrected chi connectivity index (χ2v) is 5.64. The fourth-order valence-electron chi connectivity index (χ4n) is 2.72. The van der Waals surface area contributed by atoms with Crippen molar-refractivity contribution in [3.63, 3.8) is 0 Å². The third-order valence-corrected chi connectivity index (χ3v) is 4.03. The van der Waals surface area contributed by atoms with Crippen LogP contribution in [0.5, 0.6) is 11.5 Å². The van der Waals surface area contributed by atoms with E-state index in [1.54, 1.807) is 0 Å². The van der Waals surface area contributed by atoms with Crippen molar-refractivity contribution >= 4 is 11.6 Å². The van der Waals surface area contributed by atoms with Crippen LogP contribution in [-0.4, -0.2) is 18.6 Å². The predicted octanol–water partition coefficient (Wildman–Crippen LogP) is 3.15. The van der Waals surface area contributed by atoms with E-state index in [2.05, 4.69) is 5.32 Å². The van der Waals surface area contributed by atoms with Crippen molar-refractivity contribution in [1.82, 2.24) is 0 Å². The maximum Gasteiger partial charge on any atom is 0.227 e. The molecule has 1 fully saturated rings. The van der Waals surface area contributed by atoms with E-state index in [0.29, 0.717) is 6.61 Å². The molecule has 1 saturated carbocycles. The molecule has 20 heavy (non-hydrogen) atoms. The zero-order chi connectivity index (χ0) is 14.1. The largest absolute Gasteiger partial charge is 0.492 e. The highest BCUT2D eigenvalue weighted by Gasteiger charge is 2.27. The zero-order valence-electron chi connectivity index (χ0n) is 12.1. The first kappa shape index (κ1) is 13.3. The second kappa shape index (κ2) is 5.35. The van der Waals surface area contributed by atoms with E-state index in [1.165, 1.54) is 0 Å². The summed E-state index contributed by atoms with van der Waals surface area (Å²) < 4.78 is 11.4. The molecule has 4 heteroatoms. The van der Waals surface area contributed by atoms with Crippen LogP contribution in [0.3, 0.4) is 0 Å². The van der Waals surface area contributed by atoms with Crippen LogP contribution in [0.15, 0.2) is 12.1 Å². The smallest absolute Gasteiger partial charge is 0.227 e. The fraction of sp³-hybridized carbons (Fsp3) is 0.562. The highest BCUT2D eigenvalue weighted by Crippen LogP contribution is 2.38. The van der Waals surface area contributed by atoms with Crippen molar-refractivity contribution in [2.45, 2.75) is 45.6 Å². The maximum atomic E-state index is 12.1. The monoisotopic (exact) mass is 275 g/mol. The van der Waals surface area contributed by atoms with E-state index in [-0.39, 0.29) is 17.9 Å². The molecule has 1 unspecified atom stereocenters. The van der Waals surface area contributed by atoms with Crippen molar-refractivity contribution in [3.05, 3.63) is 17.7 Å². The van der Waals surface area contributed by atoms with Gasteiger partial charge in [-0.1, -0.05) is 6.42 Å². The molecule has 1 amide bonds. The Bertz CT molecular complexity index is 523. The molecule has 1 N–H and O–H groups in total. The summed E-state index contributed by atoms with van der Waals surface area (Å²) in [5, 5.41) is 3.00. The number of hydrogen-bond acceptors (Lipinski definition) is 3. The molecule has 108 valence electrons. The number of nitrogens with one attached hydrogen (secondary N) is 1. The summed E-state index contributed by atoms with van der Waals surface area (Å²) >= 11 is 0. The Balaban J connectivity index is 1.84. The number of carbonyl (C=O) groups is 1. The van der Waals surface area contributed by atoms with Gasteiger partial charge in [0, 0.05) is 24.0 Å². The van der Waals surface area contributed by atoms with Gasteiger partial charge in [-0.15, -0.1) is 0 Å². The van der Waals surface area contributed by atoms with Crippen LogP contribution >= 0.6 is 0 Å². The van der Waals surface area contributed by atoms with Crippen LogP contribution in [0.1, 0.15) is 38.7 Å². The average molecular weight is 275 g/mol. The van der Waals surface area contributed by atoms with Crippen LogP contribution < -0.4 is 14.8 Å². The number of fused-ring (bicyclic) bond motifs is 1. The SMILES string of the molecule is CCOc1cc2c(cc1NC(=O)C1CCC1)OC(C)C2. The Morgan fingerprint density at radius 3 is 2.90 bits per heavy atom. The third kappa shape index (κ3) is 2.47.